The van der Waals surface area contributed by atoms with Crippen LogP contribution >= 0.6 is 11.3 Å². The first-order chi connectivity index (χ1) is 13.8. The number of amides is 1. The molecule has 0 bridgehead atoms. The number of rotatable bonds is 8. The van der Waals surface area contributed by atoms with Crippen molar-refractivity contribution in [1.82, 2.24) is 25.1 Å². The van der Waals surface area contributed by atoms with E-state index in [-0.39, 0.29) is 12.0 Å². The summed E-state index contributed by atoms with van der Waals surface area (Å²) in [4.78, 5) is 21.8. The molecule has 1 aliphatic rings. The zero-order chi connectivity index (χ0) is 19.2. The number of carbonyl (C=O) groups excluding carboxylic acids is 1. The van der Waals surface area contributed by atoms with Crippen LogP contribution in [0.4, 0.5) is 0 Å². The molecule has 1 atom stereocenters. The van der Waals surface area contributed by atoms with Crippen molar-refractivity contribution in [2.75, 3.05) is 13.2 Å². The molecular weight excluding hydrogens is 374 g/mol. The number of hydrogen-bond acceptors (Lipinski definition) is 6. The Labute approximate surface area is 167 Å². The number of carbonyl (C=O) groups is 1. The lowest BCUT2D eigenvalue weighted by molar-refractivity contribution is -0.121. The molecule has 0 saturated carbocycles. The molecule has 4 heterocycles. The fraction of sp³-hybridized carbons (Fsp3) is 0.400. The Hall–Kier alpha value is -2.58. The first-order valence-electron chi connectivity index (χ1n) is 9.55. The molecule has 146 valence electrons. The third kappa shape index (κ3) is 4.45. The summed E-state index contributed by atoms with van der Waals surface area (Å²) in [5.41, 5.74) is 2.74. The second-order valence-corrected chi connectivity index (χ2v) is 7.67. The van der Waals surface area contributed by atoms with E-state index in [0.717, 1.165) is 47.7 Å². The van der Waals surface area contributed by atoms with Crippen LogP contribution in [0.15, 0.2) is 42.3 Å². The van der Waals surface area contributed by atoms with Crippen LogP contribution in [0.1, 0.15) is 25.7 Å². The summed E-state index contributed by atoms with van der Waals surface area (Å²) < 4.78 is 7.50. The van der Waals surface area contributed by atoms with Gasteiger partial charge in [0.05, 0.1) is 41.3 Å². The topological polar surface area (TPSA) is 81.9 Å². The Bertz CT molecular complexity index is 889. The normalized spacial score (nSPS) is 16.4. The van der Waals surface area contributed by atoms with E-state index in [0.29, 0.717) is 19.5 Å². The predicted molar refractivity (Wildman–Crippen MR) is 108 cm³/mol. The summed E-state index contributed by atoms with van der Waals surface area (Å²) in [7, 11) is 0. The summed E-state index contributed by atoms with van der Waals surface area (Å²) in [5, 5.41) is 9.58. The minimum absolute atomic E-state index is 0.0643. The van der Waals surface area contributed by atoms with Crippen molar-refractivity contribution < 1.29 is 9.53 Å². The molecule has 8 heteroatoms. The van der Waals surface area contributed by atoms with E-state index < -0.39 is 0 Å². The molecule has 1 N–H and O–H groups in total. The standard InChI is InChI=1S/C20H23N5O2S/c26-19(6-5-15-3-1-11-27-15)23-9-10-25-20(18-4-2-12-28-18)16(13-24-25)17-14-21-7-8-22-17/h2,4,7-8,12-15H,1,3,5-6,9-11H2,(H,23,26)/t15-/m1/s1. The lowest BCUT2D eigenvalue weighted by atomic mass is 10.1. The molecule has 7 nitrogen and oxygen atoms in total. The van der Waals surface area contributed by atoms with Gasteiger partial charge in [0.15, 0.2) is 0 Å². The molecule has 3 aromatic rings. The Morgan fingerprint density at radius 1 is 1.36 bits per heavy atom. The average molecular weight is 398 g/mol. The fourth-order valence-corrected chi connectivity index (χ4v) is 4.20. The number of thiophene rings is 1. The highest BCUT2D eigenvalue weighted by atomic mass is 32.1. The van der Waals surface area contributed by atoms with Crippen LogP contribution in [0, 0.1) is 0 Å². The highest BCUT2D eigenvalue weighted by molar-refractivity contribution is 7.13. The van der Waals surface area contributed by atoms with Crippen molar-refractivity contribution in [3.05, 3.63) is 42.3 Å². The molecule has 1 fully saturated rings. The third-order valence-corrected chi connectivity index (χ3v) is 5.67. The minimum atomic E-state index is 0.0643. The zero-order valence-corrected chi connectivity index (χ0v) is 16.4. The molecule has 3 aromatic heterocycles. The number of aromatic nitrogens is 4. The number of ether oxygens (including phenoxy) is 1. The maximum Gasteiger partial charge on any atom is 0.220 e. The zero-order valence-electron chi connectivity index (χ0n) is 15.6. The van der Waals surface area contributed by atoms with E-state index in [2.05, 4.69) is 26.4 Å². The molecule has 0 aliphatic carbocycles. The molecule has 4 rings (SSSR count). The molecule has 1 aliphatic heterocycles. The van der Waals surface area contributed by atoms with Crippen LogP contribution in [-0.2, 0) is 16.1 Å². The first kappa shape index (κ1) is 18.8. The van der Waals surface area contributed by atoms with E-state index in [9.17, 15) is 4.79 Å². The predicted octanol–water partition coefficient (Wildman–Crippen LogP) is 3.14. The average Bonchev–Trinajstić information content (AvgIpc) is 3.48. The second kappa shape index (κ2) is 9.07. The van der Waals surface area contributed by atoms with Gasteiger partial charge in [-0.1, -0.05) is 6.07 Å². The molecule has 0 aromatic carbocycles. The summed E-state index contributed by atoms with van der Waals surface area (Å²) >= 11 is 1.66. The van der Waals surface area contributed by atoms with E-state index in [1.165, 1.54) is 0 Å². The van der Waals surface area contributed by atoms with Crippen LogP contribution < -0.4 is 5.32 Å². The second-order valence-electron chi connectivity index (χ2n) is 6.72. The summed E-state index contributed by atoms with van der Waals surface area (Å²) in [5.74, 6) is 0.0643. The highest BCUT2D eigenvalue weighted by Gasteiger charge is 2.18. The number of nitrogens with zero attached hydrogens (tertiary/aromatic N) is 4. The molecule has 0 radical (unpaired) electrons. The van der Waals surface area contributed by atoms with Crippen LogP contribution in [0.25, 0.3) is 21.8 Å². The van der Waals surface area contributed by atoms with Gasteiger partial charge in [-0.15, -0.1) is 11.3 Å². The van der Waals surface area contributed by atoms with Gasteiger partial charge in [-0.2, -0.15) is 5.10 Å². The van der Waals surface area contributed by atoms with E-state index >= 15 is 0 Å². The van der Waals surface area contributed by atoms with Gasteiger partial charge in [-0.05, 0) is 30.7 Å². The van der Waals surface area contributed by atoms with Gasteiger partial charge < -0.3 is 10.1 Å². The lowest BCUT2D eigenvalue weighted by Crippen LogP contribution is -2.28. The Kier molecular flexibility index (Phi) is 6.08. The van der Waals surface area contributed by atoms with Gasteiger partial charge >= 0.3 is 0 Å². The first-order valence-corrected chi connectivity index (χ1v) is 10.4. The summed E-state index contributed by atoms with van der Waals surface area (Å²) in [6, 6.07) is 4.09. The largest absolute Gasteiger partial charge is 0.378 e. The monoisotopic (exact) mass is 397 g/mol. The SMILES string of the molecule is O=C(CC[C@H]1CCCO1)NCCn1ncc(-c2cnccn2)c1-c1cccs1. The van der Waals surface area contributed by atoms with Crippen LogP contribution in [-0.4, -0.2) is 44.9 Å². The van der Waals surface area contributed by atoms with Crippen LogP contribution in [0.5, 0.6) is 0 Å². The molecule has 0 spiro atoms. The third-order valence-electron chi connectivity index (χ3n) is 4.80. The fourth-order valence-electron chi connectivity index (χ4n) is 3.41. The molecule has 28 heavy (non-hydrogen) atoms. The quantitative estimate of drug-likeness (QED) is 0.631. The van der Waals surface area contributed by atoms with Crippen molar-refractivity contribution in [1.29, 1.82) is 0 Å². The molecular formula is C20H23N5O2S. The Morgan fingerprint density at radius 3 is 3.07 bits per heavy atom. The van der Waals surface area contributed by atoms with Gasteiger partial charge in [-0.25, -0.2) is 0 Å². The van der Waals surface area contributed by atoms with Gasteiger partial charge in [0.1, 0.15) is 0 Å². The van der Waals surface area contributed by atoms with Gasteiger partial charge in [0.2, 0.25) is 5.91 Å². The highest BCUT2D eigenvalue weighted by Crippen LogP contribution is 2.33. The molecule has 1 amide bonds. The van der Waals surface area contributed by atoms with Crippen molar-refractivity contribution in [2.45, 2.75) is 38.3 Å². The van der Waals surface area contributed by atoms with Crippen molar-refractivity contribution in [3.8, 4) is 21.8 Å². The van der Waals surface area contributed by atoms with E-state index in [1.54, 1.807) is 29.9 Å². The maximum absolute atomic E-state index is 12.1. The number of nitrogens with one attached hydrogen (secondary N) is 1. The van der Waals surface area contributed by atoms with Crippen LogP contribution in [0.3, 0.4) is 0 Å². The van der Waals surface area contributed by atoms with Gasteiger partial charge in [0.25, 0.3) is 0 Å². The van der Waals surface area contributed by atoms with Crippen molar-refractivity contribution in [3.63, 3.8) is 0 Å². The maximum atomic E-state index is 12.1. The van der Waals surface area contributed by atoms with Crippen LogP contribution in [0.2, 0.25) is 0 Å². The lowest BCUT2D eigenvalue weighted by Gasteiger charge is -2.11. The minimum Gasteiger partial charge on any atom is -0.378 e. The Morgan fingerprint density at radius 2 is 2.32 bits per heavy atom. The smallest absolute Gasteiger partial charge is 0.220 e. The van der Waals surface area contributed by atoms with E-state index in [4.69, 9.17) is 4.74 Å². The summed E-state index contributed by atoms with van der Waals surface area (Å²) in [6.45, 7) is 1.95. The van der Waals surface area contributed by atoms with Crippen molar-refractivity contribution in [2.24, 2.45) is 0 Å². The van der Waals surface area contributed by atoms with E-state index in [1.807, 2.05) is 22.3 Å². The van der Waals surface area contributed by atoms with Gasteiger partial charge in [-0.3, -0.25) is 19.4 Å². The molecule has 0 unspecified atom stereocenters. The molecule has 1 saturated heterocycles. The number of hydrogen-bond donors (Lipinski definition) is 1. The Balaban J connectivity index is 1.40. The van der Waals surface area contributed by atoms with Gasteiger partial charge in [0, 0.05) is 37.5 Å². The summed E-state index contributed by atoms with van der Waals surface area (Å²) in [6.07, 6.45) is 10.6. The van der Waals surface area contributed by atoms with Crippen molar-refractivity contribution >= 4 is 17.2 Å².